The highest BCUT2D eigenvalue weighted by Crippen LogP contribution is 2.27. The van der Waals surface area contributed by atoms with E-state index in [0.717, 1.165) is 11.4 Å². The third-order valence-electron chi connectivity index (χ3n) is 3.04. The Kier molecular flexibility index (Phi) is 5.32. The molecule has 1 atom stereocenters. The van der Waals surface area contributed by atoms with Crippen LogP contribution in [-0.4, -0.2) is 49.9 Å². The van der Waals surface area contributed by atoms with Gasteiger partial charge in [0.05, 0.1) is 5.25 Å². The molecule has 2 aromatic heterocycles. The van der Waals surface area contributed by atoms with Gasteiger partial charge in [-0.15, -0.1) is 16.8 Å². The quantitative estimate of drug-likeness (QED) is 0.603. The molecule has 7 heteroatoms. The maximum absolute atomic E-state index is 12.0. The Balaban J connectivity index is 2.31. The summed E-state index contributed by atoms with van der Waals surface area (Å²) in [5, 5.41) is 8.96. The Morgan fingerprint density at radius 2 is 2.09 bits per heavy atom. The molecule has 0 unspecified atom stereocenters. The fourth-order valence-corrected chi connectivity index (χ4v) is 2.96. The lowest BCUT2D eigenvalue weighted by atomic mass is 10.2. The van der Waals surface area contributed by atoms with E-state index < -0.39 is 0 Å². The van der Waals surface area contributed by atoms with Gasteiger partial charge in [-0.3, -0.25) is 14.3 Å². The Hall–Kier alpha value is -2.15. The third kappa shape index (κ3) is 3.54. The van der Waals surface area contributed by atoms with Crippen molar-refractivity contribution in [1.29, 1.82) is 0 Å². The van der Waals surface area contributed by atoms with Crippen molar-refractivity contribution in [2.24, 2.45) is 0 Å². The van der Waals surface area contributed by atoms with Gasteiger partial charge in [-0.05, 0) is 19.1 Å². The summed E-state index contributed by atoms with van der Waals surface area (Å²) in [6.45, 7) is 6.23. The smallest absolute Gasteiger partial charge is 0.235 e. The average Bonchev–Trinajstić information content (AvgIpc) is 2.90. The average molecular weight is 317 g/mol. The first kappa shape index (κ1) is 16.2. The van der Waals surface area contributed by atoms with Gasteiger partial charge in [0.25, 0.3) is 0 Å². The van der Waals surface area contributed by atoms with E-state index in [-0.39, 0.29) is 11.2 Å². The molecule has 0 aliphatic carbocycles. The van der Waals surface area contributed by atoms with E-state index in [4.69, 9.17) is 0 Å². The van der Waals surface area contributed by atoms with Crippen LogP contribution in [0.2, 0.25) is 0 Å². The molecule has 0 N–H and O–H groups in total. The summed E-state index contributed by atoms with van der Waals surface area (Å²) in [5.41, 5.74) is 0.933. The first-order chi connectivity index (χ1) is 10.5. The molecular formula is C15H19N5OS. The second-order valence-corrected chi connectivity index (χ2v) is 6.24. The SMILES string of the molecule is C=CCn1c(S[C@H](C)C(=O)N(C)C)nnc1-c1ccncc1. The highest BCUT2D eigenvalue weighted by molar-refractivity contribution is 8.00. The predicted molar refractivity (Wildman–Crippen MR) is 87.5 cm³/mol. The van der Waals surface area contributed by atoms with Crippen LogP contribution in [-0.2, 0) is 11.3 Å². The van der Waals surface area contributed by atoms with Gasteiger partial charge in [0.15, 0.2) is 11.0 Å². The summed E-state index contributed by atoms with van der Waals surface area (Å²) < 4.78 is 1.95. The van der Waals surface area contributed by atoms with E-state index in [2.05, 4.69) is 21.8 Å². The van der Waals surface area contributed by atoms with Gasteiger partial charge in [-0.2, -0.15) is 0 Å². The van der Waals surface area contributed by atoms with Gasteiger partial charge in [-0.1, -0.05) is 17.8 Å². The van der Waals surface area contributed by atoms with Gasteiger partial charge in [0.2, 0.25) is 5.91 Å². The molecular weight excluding hydrogens is 298 g/mol. The fraction of sp³-hybridized carbons (Fsp3) is 0.333. The first-order valence-corrected chi connectivity index (χ1v) is 7.75. The van der Waals surface area contributed by atoms with Gasteiger partial charge in [-0.25, -0.2) is 0 Å². The van der Waals surface area contributed by atoms with Crippen LogP contribution in [0.1, 0.15) is 6.92 Å². The second-order valence-electron chi connectivity index (χ2n) is 4.93. The highest BCUT2D eigenvalue weighted by atomic mass is 32.2. The summed E-state index contributed by atoms with van der Waals surface area (Å²) in [4.78, 5) is 17.6. The monoisotopic (exact) mass is 317 g/mol. The molecule has 0 aliphatic heterocycles. The van der Waals surface area contributed by atoms with Gasteiger partial charge in [0, 0.05) is 38.6 Å². The van der Waals surface area contributed by atoms with Crippen molar-refractivity contribution in [1.82, 2.24) is 24.6 Å². The van der Waals surface area contributed by atoms with Crippen LogP contribution in [0.3, 0.4) is 0 Å². The normalized spacial score (nSPS) is 12.0. The molecule has 0 fully saturated rings. The number of carbonyl (C=O) groups excluding carboxylic acids is 1. The number of carbonyl (C=O) groups is 1. The standard InChI is InChI=1S/C15H19N5OS/c1-5-10-20-13(12-6-8-16-9-7-12)17-18-15(20)22-11(2)14(21)19(3)4/h5-9,11H,1,10H2,2-4H3/t11-/m1/s1. The molecule has 116 valence electrons. The molecule has 0 saturated heterocycles. The predicted octanol–water partition coefficient (Wildman–Crippen LogP) is 2.09. The number of hydrogen-bond donors (Lipinski definition) is 0. The van der Waals surface area contributed by atoms with Gasteiger partial charge in [0.1, 0.15) is 0 Å². The van der Waals surface area contributed by atoms with Crippen molar-refractivity contribution in [3.8, 4) is 11.4 Å². The number of hydrogen-bond acceptors (Lipinski definition) is 5. The van der Waals surface area contributed by atoms with Gasteiger partial charge >= 0.3 is 0 Å². The molecule has 1 amide bonds. The van der Waals surface area contributed by atoms with Crippen LogP contribution in [0.4, 0.5) is 0 Å². The van der Waals surface area contributed by atoms with Crippen LogP contribution in [0, 0.1) is 0 Å². The van der Waals surface area contributed by atoms with Crippen molar-refractivity contribution in [2.45, 2.75) is 23.9 Å². The molecule has 0 spiro atoms. The summed E-state index contributed by atoms with van der Waals surface area (Å²) in [5.74, 6) is 0.790. The molecule has 22 heavy (non-hydrogen) atoms. The van der Waals surface area contributed by atoms with E-state index in [0.29, 0.717) is 11.7 Å². The third-order valence-corrected chi connectivity index (χ3v) is 4.11. The van der Waals surface area contributed by atoms with Crippen LogP contribution in [0.5, 0.6) is 0 Å². The molecule has 2 rings (SSSR count). The van der Waals surface area contributed by atoms with Crippen molar-refractivity contribution < 1.29 is 4.79 Å². The lowest BCUT2D eigenvalue weighted by Gasteiger charge is -2.16. The zero-order valence-corrected chi connectivity index (χ0v) is 13.7. The number of rotatable bonds is 6. The van der Waals surface area contributed by atoms with Crippen molar-refractivity contribution in [3.63, 3.8) is 0 Å². The fourth-order valence-electron chi connectivity index (χ4n) is 1.96. The van der Waals surface area contributed by atoms with Crippen molar-refractivity contribution in [3.05, 3.63) is 37.2 Å². The Morgan fingerprint density at radius 3 is 2.68 bits per heavy atom. The second kappa shape index (κ2) is 7.22. The number of aromatic nitrogens is 4. The van der Waals surface area contributed by atoms with E-state index in [1.165, 1.54) is 11.8 Å². The molecule has 0 radical (unpaired) electrons. The van der Waals surface area contributed by atoms with E-state index >= 15 is 0 Å². The van der Waals surface area contributed by atoms with E-state index in [1.54, 1.807) is 37.5 Å². The van der Waals surface area contributed by atoms with Crippen LogP contribution >= 0.6 is 11.8 Å². The first-order valence-electron chi connectivity index (χ1n) is 6.87. The van der Waals surface area contributed by atoms with Crippen LogP contribution in [0.25, 0.3) is 11.4 Å². The summed E-state index contributed by atoms with van der Waals surface area (Å²) in [6, 6.07) is 3.76. The zero-order valence-electron chi connectivity index (χ0n) is 12.9. The van der Waals surface area contributed by atoms with Gasteiger partial charge < -0.3 is 4.90 Å². The summed E-state index contributed by atoms with van der Waals surface area (Å²) in [7, 11) is 3.49. The maximum atomic E-state index is 12.0. The van der Waals surface area contributed by atoms with Crippen molar-refractivity contribution in [2.75, 3.05) is 14.1 Å². The van der Waals surface area contributed by atoms with Crippen molar-refractivity contribution >= 4 is 17.7 Å². The van der Waals surface area contributed by atoms with Crippen LogP contribution in [0.15, 0.2) is 42.3 Å². The topological polar surface area (TPSA) is 63.9 Å². The highest BCUT2D eigenvalue weighted by Gasteiger charge is 2.21. The zero-order chi connectivity index (χ0) is 16.1. The molecule has 0 aromatic carbocycles. The molecule has 2 aromatic rings. The maximum Gasteiger partial charge on any atom is 0.235 e. The summed E-state index contributed by atoms with van der Waals surface area (Å²) >= 11 is 1.40. The van der Waals surface area contributed by atoms with Crippen LogP contribution < -0.4 is 0 Å². The lowest BCUT2D eigenvalue weighted by molar-refractivity contribution is -0.127. The largest absolute Gasteiger partial charge is 0.348 e. The Morgan fingerprint density at radius 1 is 1.41 bits per heavy atom. The minimum Gasteiger partial charge on any atom is -0.348 e. The number of amides is 1. The molecule has 2 heterocycles. The summed E-state index contributed by atoms with van der Waals surface area (Å²) in [6.07, 6.45) is 5.22. The Bertz CT molecular complexity index is 653. The number of pyridine rings is 1. The minimum absolute atomic E-state index is 0.0450. The van der Waals surface area contributed by atoms with E-state index in [9.17, 15) is 4.79 Å². The Labute approximate surface area is 134 Å². The van der Waals surface area contributed by atoms with E-state index in [1.807, 2.05) is 23.6 Å². The number of nitrogens with zero attached hydrogens (tertiary/aromatic N) is 5. The molecule has 0 aliphatic rings. The molecule has 6 nitrogen and oxygen atoms in total. The lowest BCUT2D eigenvalue weighted by Crippen LogP contribution is -2.29. The molecule has 0 saturated carbocycles. The molecule has 0 bridgehead atoms. The minimum atomic E-state index is -0.229. The number of thioether (sulfide) groups is 1. The number of allylic oxidation sites excluding steroid dienone is 1.